The van der Waals surface area contributed by atoms with Crippen LogP contribution in [0.2, 0.25) is 0 Å². The number of thiophene rings is 1. The maximum Gasteiger partial charge on any atom is 0.269 e. The number of thioether (sulfide) groups is 1. The molecule has 0 bridgehead atoms. The lowest BCUT2D eigenvalue weighted by atomic mass is 9.91. The second kappa shape index (κ2) is 9.80. The van der Waals surface area contributed by atoms with Gasteiger partial charge in [0.05, 0.1) is 4.53 Å². The van der Waals surface area contributed by atoms with Gasteiger partial charge in [-0.05, 0) is 52.9 Å². The zero-order chi connectivity index (χ0) is 22.6. The van der Waals surface area contributed by atoms with Gasteiger partial charge < -0.3 is 5.32 Å². The van der Waals surface area contributed by atoms with Crippen LogP contribution in [0, 0.1) is 5.41 Å². The minimum atomic E-state index is -0.581. The van der Waals surface area contributed by atoms with Crippen LogP contribution < -0.4 is 20.1 Å². The third-order valence-electron chi connectivity index (χ3n) is 4.43. The lowest BCUT2D eigenvalue weighted by Gasteiger charge is -2.13. The van der Waals surface area contributed by atoms with Crippen LogP contribution in [0.15, 0.2) is 50.8 Å². The first-order valence-corrected chi connectivity index (χ1v) is 12.6. The summed E-state index contributed by atoms with van der Waals surface area (Å²) in [6.45, 7) is 5.31. The van der Waals surface area contributed by atoms with E-state index < -0.39 is 5.41 Å². The molecule has 0 saturated carbocycles. The standard InChI is InChI=1S/C23H24N2O3S3/c1-23(2,3)19(26)12-21-25(22(28)18(31-21)10-15-8-9-30-14-15)13-20(27)24-16-6-5-7-17(11-16)29-4/h5-12,14H,13H2,1-4H3,(H,24,27). The van der Waals surface area contributed by atoms with E-state index in [4.69, 9.17) is 0 Å². The molecule has 8 heteroatoms. The second-order valence-corrected chi connectivity index (χ2v) is 10.7. The number of anilines is 1. The highest BCUT2D eigenvalue weighted by Crippen LogP contribution is 2.19. The van der Waals surface area contributed by atoms with Gasteiger partial charge in [-0.15, -0.1) is 23.1 Å². The topological polar surface area (TPSA) is 68.2 Å². The summed E-state index contributed by atoms with van der Waals surface area (Å²) in [5, 5.41) is 6.72. The van der Waals surface area contributed by atoms with Crippen molar-refractivity contribution >= 4 is 64.0 Å². The van der Waals surface area contributed by atoms with Crippen molar-refractivity contribution in [2.75, 3.05) is 11.6 Å². The van der Waals surface area contributed by atoms with Crippen molar-refractivity contribution in [3.63, 3.8) is 0 Å². The van der Waals surface area contributed by atoms with E-state index in [1.807, 2.05) is 62.1 Å². The number of hydrogen-bond donors (Lipinski definition) is 1. The second-order valence-electron chi connectivity index (χ2n) is 7.94. The number of aromatic nitrogens is 1. The van der Waals surface area contributed by atoms with Crippen LogP contribution in [0.5, 0.6) is 0 Å². The highest BCUT2D eigenvalue weighted by Gasteiger charge is 2.20. The average Bonchev–Trinajstić information content (AvgIpc) is 3.31. The first-order chi connectivity index (χ1) is 14.7. The number of carbonyl (C=O) groups is 2. The van der Waals surface area contributed by atoms with Gasteiger partial charge in [-0.3, -0.25) is 19.0 Å². The molecular weight excluding hydrogens is 448 g/mol. The molecule has 5 nitrogen and oxygen atoms in total. The van der Waals surface area contributed by atoms with E-state index >= 15 is 0 Å². The summed E-state index contributed by atoms with van der Waals surface area (Å²) in [6, 6.07) is 9.43. The molecular formula is C23H24N2O3S3. The highest BCUT2D eigenvalue weighted by molar-refractivity contribution is 7.98. The fourth-order valence-corrected chi connectivity index (χ4v) is 4.79. The number of ketones is 1. The van der Waals surface area contributed by atoms with Gasteiger partial charge in [0.25, 0.3) is 5.56 Å². The maximum atomic E-state index is 13.1. The third-order valence-corrected chi connectivity index (χ3v) is 6.91. The summed E-state index contributed by atoms with van der Waals surface area (Å²) in [4.78, 5) is 39.4. The lowest BCUT2D eigenvalue weighted by molar-refractivity contribution is -0.120. The summed E-state index contributed by atoms with van der Waals surface area (Å²) in [5.74, 6) is -0.421. The number of benzene rings is 1. The summed E-state index contributed by atoms with van der Waals surface area (Å²) in [7, 11) is 0. The van der Waals surface area contributed by atoms with Crippen LogP contribution in [0.4, 0.5) is 5.69 Å². The van der Waals surface area contributed by atoms with Crippen molar-refractivity contribution in [3.8, 4) is 0 Å². The molecule has 2 aromatic heterocycles. The zero-order valence-electron chi connectivity index (χ0n) is 17.8. The van der Waals surface area contributed by atoms with Crippen LogP contribution in [0.1, 0.15) is 26.3 Å². The molecule has 31 heavy (non-hydrogen) atoms. The number of carbonyl (C=O) groups excluding carboxylic acids is 2. The molecule has 0 aliphatic heterocycles. The lowest BCUT2D eigenvalue weighted by Crippen LogP contribution is -2.36. The monoisotopic (exact) mass is 472 g/mol. The van der Waals surface area contributed by atoms with Gasteiger partial charge in [0.15, 0.2) is 5.78 Å². The van der Waals surface area contributed by atoms with Crippen LogP contribution in [-0.4, -0.2) is 22.5 Å². The Morgan fingerprint density at radius 2 is 2.00 bits per heavy atom. The van der Waals surface area contributed by atoms with Crippen molar-refractivity contribution in [1.29, 1.82) is 0 Å². The smallest absolute Gasteiger partial charge is 0.269 e. The zero-order valence-corrected chi connectivity index (χ0v) is 20.2. The van der Waals surface area contributed by atoms with Gasteiger partial charge >= 0.3 is 0 Å². The Morgan fingerprint density at radius 1 is 1.23 bits per heavy atom. The predicted octanol–water partition coefficient (Wildman–Crippen LogP) is 3.56. The molecule has 0 fully saturated rings. The first-order valence-electron chi connectivity index (χ1n) is 9.61. The van der Waals surface area contributed by atoms with Gasteiger partial charge in [-0.1, -0.05) is 26.8 Å². The number of amides is 1. The van der Waals surface area contributed by atoms with E-state index in [9.17, 15) is 14.4 Å². The normalized spacial score (nSPS) is 12.9. The molecule has 0 unspecified atom stereocenters. The van der Waals surface area contributed by atoms with E-state index in [-0.39, 0.29) is 23.8 Å². The molecule has 0 atom stereocenters. The molecule has 1 amide bonds. The Kier molecular flexibility index (Phi) is 7.35. The molecule has 3 aromatic rings. The van der Waals surface area contributed by atoms with E-state index in [2.05, 4.69) is 5.32 Å². The summed E-state index contributed by atoms with van der Waals surface area (Å²) >= 11 is 4.35. The van der Waals surface area contributed by atoms with Crippen molar-refractivity contribution in [1.82, 2.24) is 4.57 Å². The van der Waals surface area contributed by atoms with Crippen LogP contribution in [-0.2, 0) is 16.1 Å². The highest BCUT2D eigenvalue weighted by atomic mass is 32.2. The van der Waals surface area contributed by atoms with E-state index in [1.54, 1.807) is 35.2 Å². The van der Waals surface area contributed by atoms with Crippen molar-refractivity contribution in [2.24, 2.45) is 5.41 Å². The van der Waals surface area contributed by atoms with Gasteiger partial charge in [0, 0.05) is 22.1 Å². The first kappa shape index (κ1) is 23.2. The SMILES string of the molecule is CSc1cccc(NC(=O)Cn2c(=CC(=O)C(C)(C)C)sc(=Cc3ccsc3)c2=O)c1. The number of nitrogens with zero attached hydrogens (tertiary/aromatic N) is 1. The van der Waals surface area contributed by atoms with Crippen molar-refractivity contribution in [2.45, 2.75) is 32.2 Å². The molecule has 1 aromatic carbocycles. The molecule has 0 aliphatic rings. The summed E-state index contributed by atoms with van der Waals surface area (Å²) in [5.41, 5.74) is 0.726. The quantitative estimate of drug-likeness (QED) is 0.557. The Balaban J connectivity index is 2.00. The minimum absolute atomic E-state index is 0.0994. The van der Waals surface area contributed by atoms with Gasteiger partial charge in [-0.25, -0.2) is 0 Å². The van der Waals surface area contributed by atoms with E-state index in [0.29, 0.717) is 14.9 Å². The molecule has 0 saturated heterocycles. The predicted molar refractivity (Wildman–Crippen MR) is 131 cm³/mol. The Morgan fingerprint density at radius 3 is 2.65 bits per heavy atom. The van der Waals surface area contributed by atoms with Crippen LogP contribution in [0.3, 0.4) is 0 Å². The van der Waals surface area contributed by atoms with Crippen molar-refractivity contribution in [3.05, 3.63) is 66.2 Å². The molecule has 0 radical (unpaired) electrons. The third kappa shape index (κ3) is 6.06. The largest absolute Gasteiger partial charge is 0.324 e. The Hall–Kier alpha value is -2.42. The maximum absolute atomic E-state index is 13.1. The number of hydrogen-bond acceptors (Lipinski definition) is 6. The molecule has 0 spiro atoms. The summed E-state index contributed by atoms with van der Waals surface area (Å²) in [6.07, 6.45) is 5.23. The number of thiazole rings is 1. The molecule has 2 heterocycles. The van der Waals surface area contributed by atoms with E-state index in [1.165, 1.54) is 22.0 Å². The number of rotatable bonds is 6. The Labute approximate surface area is 193 Å². The van der Waals surface area contributed by atoms with Gasteiger partial charge in [-0.2, -0.15) is 11.3 Å². The Bertz CT molecular complexity index is 1260. The number of Topliss-reactive ketones (excluding diaryl/α,β-unsaturated/α-hetero) is 1. The summed E-state index contributed by atoms with van der Waals surface area (Å²) < 4.78 is 2.34. The van der Waals surface area contributed by atoms with Crippen LogP contribution >= 0.6 is 34.4 Å². The molecule has 0 aliphatic carbocycles. The fourth-order valence-electron chi connectivity index (χ4n) is 2.67. The van der Waals surface area contributed by atoms with E-state index in [0.717, 1.165) is 10.5 Å². The fraction of sp³-hybridized carbons (Fsp3) is 0.261. The van der Waals surface area contributed by atoms with Crippen LogP contribution in [0.25, 0.3) is 12.2 Å². The van der Waals surface area contributed by atoms with Gasteiger partial charge in [0.2, 0.25) is 5.91 Å². The molecule has 3 rings (SSSR count). The molecule has 162 valence electrons. The van der Waals surface area contributed by atoms with Crippen molar-refractivity contribution < 1.29 is 9.59 Å². The molecule has 1 N–H and O–H groups in total. The minimum Gasteiger partial charge on any atom is -0.324 e. The number of nitrogens with one attached hydrogen (secondary N) is 1. The van der Waals surface area contributed by atoms with Gasteiger partial charge in [0.1, 0.15) is 11.2 Å². The average molecular weight is 473 g/mol.